The van der Waals surface area contributed by atoms with E-state index in [2.05, 4.69) is 73.4 Å². The molecule has 0 bridgehead atoms. The van der Waals surface area contributed by atoms with E-state index >= 15 is 4.39 Å². The zero-order valence-corrected chi connectivity index (χ0v) is 21.8. The van der Waals surface area contributed by atoms with Crippen molar-refractivity contribution in [3.63, 3.8) is 0 Å². The summed E-state index contributed by atoms with van der Waals surface area (Å²) in [5, 5.41) is 3.25. The highest BCUT2D eigenvalue weighted by Gasteiger charge is 2.34. The Morgan fingerprint density at radius 3 is 2.03 bits per heavy atom. The standard InChI is InChI=1S/C28H50FN/c1-12-16-18-25(17-13-2)22(8)27(29)21(7)19-28(14-3,15-4)23(9)26(20(5)6)24(10)30-11/h17,20-21,30H,10,12-16,18-19H2,1-9,11H3/b25-17-,26-23-,27-22+. The Hall–Kier alpha value is -1.31. The number of likely N-dealkylation sites (N-methyl/N-ethyl adjacent to an activating group) is 1. The molecule has 0 rings (SSSR count). The van der Waals surface area contributed by atoms with Crippen LogP contribution in [0.2, 0.25) is 0 Å². The molecule has 0 radical (unpaired) electrons. The summed E-state index contributed by atoms with van der Waals surface area (Å²) in [6.45, 7) is 23.8. The van der Waals surface area contributed by atoms with Crippen molar-refractivity contribution in [3.8, 4) is 0 Å². The van der Waals surface area contributed by atoms with E-state index in [1.807, 2.05) is 14.0 Å². The van der Waals surface area contributed by atoms with Gasteiger partial charge in [-0.15, -0.1) is 0 Å². The van der Waals surface area contributed by atoms with Gasteiger partial charge in [-0.3, -0.25) is 0 Å². The largest absolute Gasteiger partial charge is 0.388 e. The molecule has 174 valence electrons. The highest BCUT2D eigenvalue weighted by molar-refractivity contribution is 5.37. The van der Waals surface area contributed by atoms with E-state index in [1.165, 1.54) is 16.7 Å². The van der Waals surface area contributed by atoms with Crippen molar-refractivity contribution in [2.45, 2.75) is 107 Å². The predicted molar refractivity (Wildman–Crippen MR) is 134 cm³/mol. The van der Waals surface area contributed by atoms with Crippen molar-refractivity contribution in [1.29, 1.82) is 0 Å². The van der Waals surface area contributed by atoms with Crippen LogP contribution in [-0.2, 0) is 0 Å². The van der Waals surface area contributed by atoms with Crippen LogP contribution in [0, 0.1) is 17.3 Å². The molecule has 0 spiro atoms. The molecule has 0 aromatic rings. The van der Waals surface area contributed by atoms with Gasteiger partial charge in [0.25, 0.3) is 0 Å². The molecule has 0 aromatic carbocycles. The van der Waals surface area contributed by atoms with Crippen LogP contribution in [0.3, 0.4) is 0 Å². The van der Waals surface area contributed by atoms with Gasteiger partial charge >= 0.3 is 0 Å². The fourth-order valence-electron chi connectivity index (χ4n) is 4.91. The first-order valence-corrected chi connectivity index (χ1v) is 12.2. The van der Waals surface area contributed by atoms with Gasteiger partial charge in [-0.25, -0.2) is 4.39 Å². The monoisotopic (exact) mass is 419 g/mol. The smallest absolute Gasteiger partial charge is 0.106 e. The van der Waals surface area contributed by atoms with E-state index in [4.69, 9.17) is 0 Å². The first-order valence-electron chi connectivity index (χ1n) is 12.2. The zero-order chi connectivity index (χ0) is 23.5. The summed E-state index contributed by atoms with van der Waals surface area (Å²) in [6, 6.07) is 0. The third-order valence-electron chi connectivity index (χ3n) is 6.98. The maximum absolute atomic E-state index is 15.6. The summed E-state index contributed by atoms with van der Waals surface area (Å²) < 4.78 is 15.6. The zero-order valence-electron chi connectivity index (χ0n) is 21.8. The molecule has 0 aliphatic heterocycles. The molecule has 0 heterocycles. The molecular formula is C28H50FN. The van der Waals surface area contributed by atoms with Crippen molar-refractivity contribution in [3.05, 3.63) is 46.5 Å². The lowest BCUT2D eigenvalue weighted by atomic mass is 9.67. The van der Waals surface area contributed by atoms with Crippen LogP contribution in [0.25, 0.3) is 0 Å². The molecule has 1 nitrogen and oxygen atoms in total. The number of halogens is 1. The van der Waals surface area contributed by atoms with Gasteiger partial charge in [-0.1, -0.05) is 73.1 Å². The van der Waals surface area contributed by atoms with Crippen LogP contribution in [0.4, 0.5) is 4.39 Å². The molecule has 1 N–H and O–H groups in total. The van der Waals surface area contributed by atoms with Crippen molar-refractivity contribution in [2.24, 2.45) is 17.3 Å². The molecule has 0 aliphatic rings. The van der Waals surface area contributed by atoms with E-state index in [0.29, 0.717) is 5.92 Å². The number of rotatable bonds is 14. The molecule has 2 heteroatoms. The van der Waals surface area contributed by atoms with Crippen LogP contribution in [0.15, 0.2) is 46.5 Å². The number of hydrogen-bond acceptors (Lipinski definition) is 1. The van der Waals surface area contributed by atoms with Gasteiger partial charge in [0.2, 0.25) is 0 Å². The van der Waals surface area contributed by atoms with E-state index in [1.54, 1.807) is 0 Å². The van der Waals surface area contributed by atoms with Gasteiger partial charge in [0.1, 0.15) is 5.83 Å². The van der Waals surface area contributed by atoms with E-state index in [0.717, 1.165) is 56.2 Å². The van der Waals surface area contributed by atoms with Crippen molar-refractivity contribution in [1.82, 2.24) is 5.32 Å². The van der Waals surface area contributed by atoms with Crippen LogP contribution in [0.1, 0.15) is 107 Å². The van der Waals surface area contributed by atoms with Crippen molar-refractivity contribution < 1.29 is 4.39 Å². The van der Waals surface area contributed by atoms with Crippen LogP contribution in [0.5, 0.6) is 0 Å². The second-order valence-electron chi connectivity index (χ2n) is 9.23. The average Bonchev–Trinajstić information content (AvgIpc) is 2.73. The maximum atomic E-state index is 15.6. The Morgan fingerprint density at radius 2 is 1.63 bits per heavy atom. The molecule has 0 amide bonds. The minimum Gasteiger partial charge on any atom is -0.388 e. The number of nitrogens with one attached hydrogen (secondary N) is 1. The predicted octanol–water partition coefficient (Wildman–Crippen LogP) is 9.29. The second kappa shape index (κ2) is 13.9. The Labute approximate surface area is 188 Å². The van der Waals surface area contributed by atoms with Gasteiger partial charge in [-0.05, 0) is 80.4 Å². The molecular weight excluding hydrogens is 369 g/mol. The van der Waals surface area contributed by atoms with Gasteiger partial charge in [-0.2, -0.15) is 0 Å². The normalized spacial score (nSPS) is 15.7. The van der Waals surface area contributed by atoms with Crippen molar-refractivity contribution >= 4 is 0 Å². The Morgan fingerprint density at radius 1 is 1.07 bits per heavy atom. The topological polar surface area (TPSA) is 12.0 Å². The summed E-state index contributed by atoms with van der Waals surface area (Å²) >= 11 is 0. The lowest BCUT2D eigenvalue weighted by molar-refractivity contribution is 0.248. The quantitative estimate of drug-likeness (QED) is 0.276. The van der Waals surface area contributed by atoms with E-state index in [-0.39, 0.29) is 17.2 Å². The molecule has 0 saturated heterocycles. The third-order valence-corrected chi connectivity index (χ3v) is 6.98. The fraction of sp³-hybridized carbons (Fsp3) is 0.714. The maximum Gasteiger partial charge on any atom is 0.106 e. The number of hydrogen-bond donors (Lipinski definition) is 1. The van der Waals surface area contributed by atoms with Gasteiger partial charge in [0.05, 0.1) is 0 Å². The Bertz CT molecular complexity index is 629. The molecule has 30 heavy (non-hydrogen) atoms. The lowest BCUT2D eigenvalue weighted by Gasteiger charge is -2.38. The molecule has 1 atom stereocenters. The summed E-state index contributed by atoms with van der Waals surface area (Å²) in [5.74, 6) is 0.356. The highest BCUT2D eigenvalue weighted by Crippen LogP contribution is 2.46. The first kappa shape index (κ1) is 28.7. The lowest BCUT2D eigenvalue weighted by Crippen LogP contribution is -2.27. The summed E-state index contributed by atoms with van der Waals surface area (Å²) in [5.41, 5.74) is 5.69. The highest BCUT2D eigenvalue weighted by atomic mass is 19.1. The first-order chi connectivity index (χ1) is 14.1. The van der Waals surface area contributed by atoms with E-state index in [9.17, 15) is 0 Å². The summed E-state index contributed by atoms with van der Waals surface area (Å²) in [6.07, 6.45) is 9.24. The molecule has 0 aliphatic carbocycles. The summed E-state index contributed by atoms with van der Waals surface area (Å²) in [4.78, 5) is 0. The Kier molecular flexibility index (Phi) is 13.3. The SMILES string of the molecule is C=C(NC)/C(=C(/C)C(CC)(CC)CC(C)/C(F)=C(C)\C(=C/CC)CCCC)C(C)C. The Balaban J connectivity index is 6.17. The second-order valence-corrected chi connectivity index (χ2v) is 9.23. The van der Waals surface area contributed by atoms with Crippen LogP contribution >= 0.6 is 0 Å². The number of unbranched alkanes of at least 4 members (excludes halogenated alkanes) is 1. The average molecular weight is 420 g/mol. The van der Waals surface area contributed by atoms with Gasteiger partial charge in [0, 0.05) is 18.7 Å². The van der Waals surface area contributed by atoms with Crippen LogP contribution in [-0.4, -0.2) is 7.05 Å². The third kappa shape index (κ3) is 7.43. The molecule has 0 fully saturated rings. The van der Waals surface area contributed by atoms with Gasteiger partial charge < -0.3 is 5.32 Å². The molecule has 0 saturated carbocycles. The van der Waals surface area contributed by atoms with E-state index < -0.39 is 0 Å². The van der Waals surface area contributed by atoms with Crippen LogP contribution < -0.4 is 5.32 Å². The molecule has 1 unspecified atom stereocenters. The number of allylic oxidation sites excluding steroid dienone is 6. The summed E-state index contributed by atoms with van der Waals surface area (Å²) in [7, 11) is 1.93. The molecule has 0 aromatic heterocycles. The minimum atomic E-state index is -0.0991. The van der Waals surface area contributed by atoms with Gasteiger partial charge in [0.15, 0.2) is 0 Å². The fourth-order valence-corrected chi connectivity index (χ4v) is 4.91. The van der Waals surface area contributed by atoms with Crippen molar-refractivity contribution in [2.75, 3.05) is 7.05 Å². The minimum absolute atomic E-state index is 0.0194.